The van der Waals surface area contributed by atoms with Gasteiger partial charge in [0.1, 0.15) is 6.61 Å². The molecule has 0 N–H and O–H groups in total. The van der Waals surface area contributed by atoms with E-state index in [1.54, 1.807) is 0 Å². The number of amides is 1. The average molecular weight is 274 g/mol. The van der Waals surface area contributed by atoms with Gasteiger partial charge in [-0.25, -0.2) is 4.79 Å². The van der Waals surface area contributed by atoms with Crippen molar-refractivity contribution in [3.63, 3.8) is 0 Å². The molecule has 0 radical (unpaired) electrons. The zero-order valence-electron chi connectivity index (χ0n) is 11.3. The summed E-state index contributed by atoms with van der Waals surface area (Å²) in [7, 11) is 0. The van der Waals surface area contributed by atoms with Crippen LogP contribution in [-0.2, 0) is 16.0 Å². The number of ether oxygens (including phenoxy) is 2. The van der Waals surface area contributed by atoms with E-state index in [-0.39, 0.29) is 12.1 Å². The van der Waals surface area contributed by atoms with Crippen molar-refractivity contribution in [2.75, 3.05) is 31.3 Å². The predicted molar refractivity (Wildman–Crippen MR) is 73.7 cm³/mol. The van der Waals surface area contributed by atoms with Crippen LogP contribution in [0.2, 0.25) is 0 Å². The lowest BCUT2D eigenvalue weighted by Crippen LogP contribution is -2.51. The highest BCUT2D eigenvalue weighted by molar-refractivity contribution is 5.91. The first-order valence-electron chi connectivity index (χ1n) is 7.18. The van der Waals surface area contributed by atoms with Crippen molar-refractivity contribution in [3.8, 4) is 0 Å². The summed E-state index contributed by atoms with van der Waals surface area (Å²) in [5.74, 6) is 0. The van der Waals surface area contributed by atoms with Crippen molar-refractivity contribution in [1.82, 2.24) is 4.90 Å². The first-order valence-corrected chi connectivity index (χ1v) is 7.18. The van der Waals surface area contributed by atoms with Crippen LogP contribution in [0.25, 0.3) is 0 Å². The number of hydrogen-bond acceptors (Lipinski definition) is 4. The van der Waals surface area contributed by atoms with Crippen LogP contribution in [0.15, 0.2) is 24.3 Å². The molecule has 2 fully saturated rings. The Morgan fingerprint density at radius 2 is 1.95 bits per heavy atom. The standard InChI is InChI=1S/C15H18N2O3/c18-15-17-12(10-20-15)5-6-16(13-8-19-9-13)7-11-3-1-2-4-14(11)17/h1-4,12-13H,5-10H2. The molecule has 3 heterocycles. The molecule has 20 heavy (non-hydrogen) atoms. The van der Waals surface area contributed by atoms with Gasteiger partial charge in [0.2, 0.25) is 0 Å². The van der Waals surface area contributed by atoms with Crippen molar-refractivity contribution in [1.29, 1.82) is 0 Å². The molecule has 4 rings (SSSR count). The van der Waals surface area contributed by atoms with Gasteiger partial charge in [0.25, 0.3) is 0 Å². The molecule has 0 saturated carbocycles. The van der Waals surface area contributed by atoms with Gasteiger partial charge >= 0.3 is 6.09 Å². The number of carbonyl (C=O) groups excluding carboxylic acids is 1. The Kier molecular flexibility index (Phi) is 2.89. The first kappa shape index (κ1) is 12.2. The van der Waals surface area contributed by atoms with Crippen LogP contribution in [0.3, 0.4) is 0 Å². The fourth-order valence-corrected chi connectivity index (χ4v) is 3.21. The van der Waals surface area contributed by atoms with E-state index < -0.39 is 0 Å². The van der Waals surface area contributed by atoms with Gasteiger partial charge in [-0.15, -0.1) is 0 Å². The van der Waals surface area contributed by atoms with E-state index in [0.29, 0.717) is 12.6 Å². The molecule has 2 saturated heterocycles. The Morgan fingerprint density at radius 3 is 2.75 bits per heavy atom. The number of cyclic esters (lactones) is 1. The Hall–Kier alpha value is -1.59. The molecule has 0 aromatic heterocycles. The number of anilines is 1. The van der Waals surface area contributed by atoms with Crippen LogP contribution < -0.4 is 4.90 Å². The SMILES string of the molecule is O=C1OCC2CCN(C3COC3)Cc3ccccc3N12. The Balaban J connectivity index is 1.70. The molecule has 1 atom stereocenters. The van der Waals surface area contributed by atoms with E-state index in [9.17, 15) is 4.79 Å². The van der Waals surface area contributed by atoms with Crippen LogP contribution >= 0.6 is 0 Å². The summed E-state index contributed by atoms with van der Waals surface area (Å²) in [6.45, 7) is 4.01. The third-order valence-corrected chi connectivity index (χ3v) is 4.47. The van der Waals surface area contributed by atoms with E-state index in [0.717, 1.165) is 38.4 Å². The normalized spacial score (nSPS) is 27.1. The van der Waals surface area contributed by atoms with E-state index in [1.165, 1.54) is 5.56 Å². The molecular weight excluding hydrogens is 256 g/mol. The maximum atomic E-state index is 12.0. The monoisotopic (exact) mass is 274 g/mol. The minimum atomic E-state index is -0.206. The fraction of sp³-hybridized carbons (Fsp3) is 0.533. The summed E-state index contributed by atoms with van der Waals surface area (Å²) in [5.41, 5.74) is 2.20. The largest absolute Gasteiger partial charge is 0.447 e. The van der Waals surface area contributed by atoms with Gasteiger partial charge in [-0.3, -0.25) is 9.80 Å². The first-order chi connectivity index (χ1) is 9.83. The zero-order valence-corrected chi connectivity index (χ0v) is 11.3. The molecule has 0 aliphatic carbocycles. The summed E-state index contributed by atoms with van der Waals surface area (Å²) in [5, 5.41) is 0. The Morgan fingerprint density at radius 1 is 1.10 bits per heavy atom. The molecular formula is C15H18N2O3. The maximum Gasteiger partial charge on any atom is 0.414 e. The lowest BCUT2D eigenvalue weighted by Gasteiger charge is -2.40. The molecule has 3 aliphatic heterocycles. The molecule has 0 bridgehead atoms. The zero-order chi connectivity index (χ0) is 13.5. The maximum absolute atomic E-state index is 12.0. The van der Waals surface area contributed by atoms with Gasteiger partial charge in [0, 0.05) is 13.1 Å². The molecule has 3 aliphatic rings. The van der Waals surface area contributed by atoms with Crippen LogP contribution in [-0.4, -0.2) is 49.4 Å². The van der Waals surface area contributed by atoms with Crippen molar-refractivity contribution in [2.24, 2.45) is 0 Å². The smallest absolute Gasteiger partial charge is 0.414 e. The van der Waals surface area contributed by atoms with Gasteiger partial charge in [0.05, 0.1) is 31.0 Å². The summed E-state index contributed by atoms with van der Waals surface area (Å²) in [6, 6.07) is 8.83. The minimum Gasteiger partial charge on any atom is -0.447 e. The van der Waals surface area contributed by atoms with Gasteiger partial charge in [-0.1, -0.05) is 18.2 Å². The second-order valence-corrected chi connectivity index (χ2v) is 5.68. The minimum absolute atomic E-state index is 0.160. The number of nitrogens with zero attached hydrogens (tertiary/aromatic N) is 2. The molecule has 106 valence electrons. The van der Waals surface area contributed by atoms with Crippen LogP contribution in [0.1, 0.15) is 12.0 Å². The third-order valence-electron chi connectivity index (χ3n) is 4.47. The van der Waals surface area contributed by atoms with Gasteiger partial charge < -0.3 is 9.47 Å². The number of carbonyl (C=O) groups is 1. The molecule has 1 aromatic rings. The topological polar surface area (TPSA) is 42.0 Å². The lowest BCUT2D eigenvalue weighted by atomic mass is 10.0. The van der Waals surface area contributed by atoms with E-state index in [2.05, 4.69) is 11.0 Å². The molecule has 5 heteroatoms. The number of benzene rings is 1. The number of rotatable bonds is 1. The molecule has 5 nitrogen and oxygen atoms in total. The van der Waals surface area contributed by atoms with Crippen LogP contribution in [0.4, 0.5) is 10.5 Å². The fourth-order valence-electron chi connectivity index (χ4n) is 3.21. The van der Waals surface area contributed by atoms with Crippen LogP contribution in [0, 0.1) is 0 Å². The predicted octanol–water partition coefficient (Wildman–Crippen LogP) is 1.62. The second-order valence-electron chi connectivity index (χ2n) is 5.68. The van der Waals surface area contributed by atoms with E-state index in [1.807, 2.05) is 23.1 Å². The van der Waals surface area contributed by atoms with Crippen molar-refractivity contribution in [2.45, 2.75) is 25.0 Å². The Bertz CT molecular complexity index is 530. The van der Waals surface area contributed by atoms with Gasteiger partial charge in [-0.2, -0.15) is 0 Å². The number of fused-ring (bicyclic) bond motifs is 3. The molecule has 0 spiro atoms. The molecule has 1 amide bonds. The van der Waals surface area contributed by atoms with Crippen LogP contribution in [0.5, 0.6) is 0 Å². The number of hydrogen-bond donors (Lipinski definition) is 0. The summed E-state index contributed by atoms with van der Waals surface area (Å²) >= 11 is 0. The summed E-state index contributed by atoms with van der Waals surface area (Å²) < 4.78 is 10.6. The van der Waals surface area contributed by atoms with Gasteiger partial charge in [0.15, 0.2) is 0 Å². The average Bonchev–Trinajstić information content (AvgIpc) is 2.73. The second kappa shape index (κ2) is 4.75. The highest BCUT2D eigenvalue weighted by Gasteiger charge is 2.38. The number of para-hydroxylation sites is 1. The molecule has 1 unspecified atom stereocenters. The van der Waals surface area contributed by atoms with Crippen molar-refractivity contribution >= 4 is 11.8 Å². The quantitative estimate of drug-likeness (QED) is 0.780. The van der Waals surface area contributed by atoms with Crippen molar-refractivity contribution < 1.29 is 14.3 Å². The Labute approximate surface area is 118 Å². The van der Waals surface area contributed by atoms with E-state index in [4.69, 9.17) is 9.47 Å². The molecule has 1 aromatic carbocycles. The lowest BCUT2D eigenvalue weighted by molar-refractivity contribution is -0.0689. The summed E-state index contributed by atoms with van der Waals surface area (Å²) in [4.78, 5) is 16.3. The van der Waals surface area contributed by atoms with Crippen molar-refractivity contribution in [3.05, 3.63) is 29.8 Å². The van der Waals surface area contributed by atoms with Gasteiger partial charge in [-0.05, 0) is 18.1 Å². The summed E-state index contributed by atoms with van der Waals surface area (Å²) in [6.07, 6.45) is 0.749. The highest BCUT2D eigenvalue weighted by Crippen LogP contribution is 2.32. The highest BCUT2D eigenvalue weighted by atomic mass is 16.6. The third kappa shape index (κ3) is 1.89. The van der Waals surface area contributed by atoms with E-state index >= 15 is 0 Å².